The maximum atomic E-state index is 12.8. The van der Waals surface area contributed by atoms with Gasteiger partial charge in [0.1, 0.15) is 11.9 Å². The molecule has 0 radical (unpaired) electrons. The molecule has 3 aromatic heterocycles. The van der Waals surface area contributed by atoms with Crippen molar-refractivity contribution in [3.8, 4) is 17.7 Å². The average Bonchev–Trinajstić information content (AvgIpc) is 3.58. The highest BCUT2D eigenvalue weighted by atomic mass is 32.2. The highest BCUT2D eigenvalue weighted by molar-refractivity contribution is 7.99. The van der Waals surface area contributed by atoms with Crippen LogP contribution in [0.1, 0.15) is 36.6 Å². The topological polar surface area (TPSA) is 111 Å². The lowest BCUT2D eigenvalue weighted by Crippen LogP contribution is -2.22. The van der Waals surface area contributed by atoms with E-state index in [1.54, 1.807) is 12.3 Å². The third-order valence-electron chi connectivity index (χ3n) is 5.72. The van der Waals surface area contributed by atoms with Gasteiger partial charge in [0.25, 0.3) is 0 Å². The first-order chi connectivity index (χ1) is 15.5. The first kappa shape index (κ1) is 22.2. The number of ether oxygens (including phenoxy) is 1. The number of anilines is 1. The van der Waals surface area contributed by atoms with E-state index in [2.05, 4.69) is 21.6 Å². The zero-order valence-electron chi connectivity index (χ0n) is 18.4. The number of carbonyl (C=O) groups is 1. The summed E-state index contributed by atoms with van der Waals surface area (Å²) < 4.78 is 15.1. The van der Waals surface area contributed by atoms with Crippen LogP contribution in [0.3, 0.4) is 0 Å². The third-order valence-corrected chi connectivity index (χ3v) is 6.68. The summed E-state index contributed by atoms with van der Waals surface area (Å²) in [6.45, 7) is 7.88. The monoisotopic (exact) mass is 454 g/mol. The fourth-order valence-corrected chi connectivity index (χ4v) is 4.72. The minimum Gasteiger partial charge on any atom is -0.461 e. The van der Waals surface area contributed by atoms with Crippen molar-refractivity contribution in [1.29, 1.82) is 5.26 Å². The van der Waals surface area contributed by atoms with E-state index in [0.29, 0.717) is 41.2 Å². The van der Waals surface area contributed by atoms with E-state index < -0.39 is 0 Å². The lowest BCUT2D eigenvalue weighted by Gasteiger charge is -2.16. The number of hydrogen-bond donors (Lipinski definition) is 1. The highest BCUT2D eigenvalue weighted by Gasteiger charge is 2.24. The second kappa shape index (κ2) is 9.63. The van der Waals surface area contributed by atoms with Gasteiger partial charge in [0, 0.05) is 18.8 Å². The van der Waals surface area contributed by atoms with Gasteiger partial charge in [0.05, 0.1) is 30.2 Å². The average molecular weight is 455 g/mol. The zero-order chi connectivity index (χ0) is 22.7. The van der Waals surface area contributed by atoms with Crippen LogP contribution in [0.5, 0.6) is 0 Å². The second-order valence-corrected chi connectivity index (χ2v) is 8.60. The number of nitrogens with one attached hydrogen (secondary N) is 1. The summed E-state index contributed by atoms with van der Waals surface area (Å²) in [5.41, 5.74) is 2.34. The van der Waals surface area contributed by atoms with Crippen LogP contribution in [0.4, 0.5) is 5.82 Å². The van der Waals surface area contributed by atoms with Gasteiger partial charge in [-0.1, -0.05) is 11.8 Å². The van der Waals surface area contributed by atoms with Crippen LogP contribution in [-0.4, -0.2) is 43.7 Å². The zero-order valence-corrected chi connectivity index (χ0v) is 19.2. The number of aromatic nitrogens is 4. The molecule has 0 bridgehead atoms. The van der Waals surface area contributed by atoms with E-state index in [9.17, 15) is 10.1 Å². The van der Waals surface area contributed by atoms with Gasteiger partial charge in [-0.2, -0.15) is 5.26 Å². The summed E-state index contributed by atoms with van der Waals surface area (Å²) >= 11 is 1.30. The van der Waals surface area contributed by atoms with E-state index in [1.165, 1.54) is 11.8 Å². The molecule has 1 aliphatic rings. The molecule has 3 aromatic rings. The van der Waals surface area contributed by atoms with Crippen LogP contribution in [-0.2, 0) is 22.6 Å². The van der Waals surface area contributed by atoms with E-state index in [1.807, 2.05) is 36.0 Å². The Morgan fingerprint density at radius 3 is 2.88 bits per heavy atom. The maximum Gasteiger partial charge on any atom is 0.235 e. The van der Waals surface area contributed by atoms with Crippen LogP contribution in [0, 0.1) is 25.2 Å². The molecule has 9 nitrogen and oxygen atoms in total. The Hall–Kier alpha value is -3.03. The molecule has 0 unspecified atom stereocenters. The van der Waals surface area contributed by atoms with Crippen molar-refractivity contribution in [2.75, 3.05) is 17.7 Å². The fourth-order valence-electron chi connectivity index (χ4n) is 3.92. The van der Waals surface area contributed by atoms with Gasteiger partial charge < -0.3 is 19.0 Å². The standard InChI is InChI=1S/C22H26N6O3S/c1-4-27-21(18-8-6-10-31-18)25-26-22(27)32-13-19(29)24-20-17(11-23)14(2)15(3)28(20)12-16-7-5-9-30-16/h6,8,10,16H,4-5,7,9,12-13H2,1-3H3,(H,24,29)/t16-/m0/s1. The van der Waals surface area contributed by atoms with Gasteiger partial charge in [-0.05, 0) is 51.3 Å². The Kier molecular flexibility index (Phi) is 6.67. The molecule has 4 heterocycles. The molecule has 1 fully saturated rings. The maximum absolute atomic E-state index is 12.8. The Labute approximate surface area is 190 Å². The lowest BCUT2D eigenvalue weighted by atomic mass is 10.2. The third kappa shape index (κ3) is 4.31. The molecule has 1 N–H and O–H groups in total. The Balaban J connectivity index is 1.49. The second-order valence-electron chi connectivity index (χ2n) is 7.66. The van der Waals surface area contributed by atoms with Gasteiger partial charge in [-0.25, -0.2) is 0 Å². The van der Waals surface area contributed by atoms with Crippen LogP contribution in [0.15, 0.2) is 28.0 Å². The molecule has 0 saturated carbocycles. The van der Waals surface area contributed by atoms with Crippen molar-refractivity contribution in [2.45, 2.75) is 58.0 Å². The Morgan fingerprint density at radius 2 is 2.22 bits per heavy atom. The van der Waals surface area contributed by atoms with E-state index in [4.69, 9.17) is 9.15 Å². The van der Waals surface area contributed by atoms with Gasteiger partial charge in [-0.15, -0.1) is 10.2 Å². The van der Waals surface area contributed by atoms with Crippen molar-refractivity contribution >= 4 is 23.5 Å². The molecule has 0 aliphatic carbocycles. The summed E-state index contributed by atoms with van der Waals surface area (Å²) in [5, 5.41) is 21.7. The molecule has 1 amide bonds. The molecule has 10 heteroatoms. The number of nitrogens with zero attached hydrogens (tertiary/aromatic N) is 5. The van der Waals surface area contributed by atoms with E-state index in [0.717, 1.165) is 30.7 Å². The van der Waals surface area contributed by atoms with Crippen LogP contribution < -0.4 is 5.32 Å². The lowest BCUT2D eigenvalue weighted by molar-refractivity contribution is -0.113. The van der Waals surface area contributed by atoms with Crippen LogP contribution in [0.25, 0.3) is 11.6 Å². The molecule has 0 spiro atoms. The van der Waals surface area contributed by atoms with Gasteiger partial charge in [-0.3, -0.25) is 9.36 Å². The van der Waals surface area contributed by atoms with Gasteiger partial charge >= 0.3 is 0 Å². The summed E-state index contributed by atoms with van der Waals surface area (Å²) in [5.74, 6) is 1.74. The summed E-state index contributed by atoms with van der Waals surface area (Å²) in [7, 11) is 0. The predicted molar refractivity (Wildman–Crippen MR) is 120 cm³/mol. The number of thioether (sulfide) groups is 1. The fraction of sp³-hybridized carbons (Fsp3) is 0.455. The molecule has 1 saturated heterocycles. The normalized spacial score (nSPS) is 15.8. The SMILES string of the molecule is CCn1c(SCC(=O)Nc2c(C#N)c(C)c(C)n2C[C@@H]2CCCO2)nnc1-c1ccco1. The quantitative estimate of drug-likeness (QED) is 0.516. The van der Waals surface area contributed by atoms with Crippen LogP contribution in [0.2, 0.25) is 0 Å². The van der Waals surface area contributed by atoms with Gasteiger partial charge in [0.15, 0.2) is 16.7 Å². The van der Waals surface area contributed by atoms with E-state index in [-0.39, 0.29) is 17.8 Å². The van der Waals surface area contributed by atoms with Crippen LogP contribution >= 0.6 is 11.8 Å². The summed E-state index contributed by atoms with van der Waals surface area (Å²) in [6, 6.07) is 5.87. The van der Waals surface area contributed by atoms with E-state index >= 15 is 0 Å². The molecular weight excluding hydrogens is 428 g/mol. The summed E-state index contributed by atoms with van der Waals surface area (Å²) in [6.07, 6.45) is 3.70. The molecule has 168 valence electrons. The van der Waals surface area contributed by atoms with Crippen molar-refractivity contribution in [3.63, 3.8) is 0 Å². The molecule has 1 aliphatic heterocycles. The van der Waals surface area contributed by atoms with Crippen molar-refractivity contribution < 1.29 is 13.9 Å². The Morgan fingerprint density at radius 1 is 1.38 bits per heavy atom. The number of amides is 1. The first-order valence-corrected chi connectivity index (χ1v) is 11.6. The first-order valence-electron chi connectivity index (χ1n) is 10.6. The smallest absolute Gasteiger partial charge is 0.235 e. The predicted octanol–water partition coefficient (Wildman–Crippen LogP) is 3.76. The number of furan rings is 1. The summed E-state index contributed by atoms with van der Waals surface area (Å²) in [4.78, 5) is 12.8. The minimum absolute atomic E-state index is 0.0974. The molecule has 1 atom stereocenters. The highest BCUT2D eigenvalue weighted by Crippen LogP contribution is 2.29. The Bertz CT molecular complexity index is 1140. The molecule has 32 heavy (non-hydrogen) atoms. The van der Waals surface area contributed by atoms with Crippen molar-refractivity contribution in [2.24, 2.45) is 0 Å². The minimum atomic E-state index is -0.206. The molecule has 0 aromatic carbocycles. The number of rotatable bonds is 8. The largest absolute Gasteiger partial charge is 0.461 e. The van der Waals surface area contributed by atoms with Crippen molar-refractivity contribution in [3.05, 3.63) is 35.2 Å². The molecular formula is C22H26N6O3S. The molecule has 4 rings (SSSR count). The number of carbonyl (C=O) groups excluding carboxylic acids is 1. The number of hydrogen-bond acceptors (Lipinski definition) is 7. The number of nitriles is 1. The van der Waals surface area contributed by atoms with Gasteiger partial charge in [0.2, 0.25) is 5.91 Å². The van der Waals surface area contributed by atoms with Crippen molar-refractivity contribution in [1.82, 2.24) is 19.3 Å².